The Morgan fingerprint density at radius 1 is 1.50 bits per heavy atom. The molecule has 1 aliphatic heterocycles. The first kappa shape index (κ1) is 14.6. The highest BCUT2D eigenvalue weighted by molar-refractivity contribution is 5.64. The number of nitro groups is 1. The maximum absolute atomic E-state index is 13.6. The van der Waals surface area contributed by atoms with Gasteiger partial charge in [0.05, 0.1) is 4.92 Å². The van der Waals surface area contributed by atoms with Crippen LogP contribution in [0, 0.1) is 27.7 Å². The van der Waals surface area contributed by atoms with E-state index in [1.165, 1.54) is 0 Å². The summed E-state index contributed by atoms with van der Waals surface area (Å²) in [4.78, 5) is 11.9. The number of hydrogen-bond acceptors (Lipinski definition) is 4. The summed E-state index contributed by atoms with van der Waals surface area (Å²) in [5.74, 6) is -1.80. The van der Waals surface area contributed by atoms with Crippen LogP contribution in [0.25, 0.3) is 0 Å². The van der Waals surface area contributed by atoms with Gasteiger partial charge in [0.15, 0.2) is 0 Å². The molecule has 1 heterocycles. The fourth-order valence-electron chi connectivity index (χ4n) is 2.68. The number of rotatable bonds is 3. The Kier molecular flexibility index (Phi) is 4.17. The fourth-order valence-corrected chi connectivity index (χ4v) is 2.68. The van der Waals surface area contributed by atoms with E-state index in [-0.39, 0.29) is 17.6 Å². The molecule has 0 saturated carbocycles. The molecule has 1 saturated heterocycles. The van der Waals surface area contributed by atoms with E-state index >= 15 is 0 Å². The van der Waals surface area contributed by atoms with Crippen LogP contribution < -0.4 is 10.6 Å². The van der Waals surface area contributed by atoms with E-state index in [0.717, 1.165) is 12.5 Å². The number of nitro benzene ring substituents is 1. The van der Waals surface area contributed by atoms with Crippen molar-refractivity contribution in [1.29, 1.82) is 0 Å². The van der Waals surface area contributed by atoms with Crippen molar-refractivity contribution in [2.24, 2.45) is 11.7 Å². The van der Waals surface area contributed by atoms with Crippen molar-refractivity contribution >= 4 is 11.4 Å². The molecule has 0 aliphatic carbocycles. The number of nitrogens with two attached hydrogens (primary N) is 1. The van der Waals surface area contributed by atoms with Crippen LogP contribution in [-0.2, 0) is 0 Å². The zero-order chi connectivity index (χ0) is 14.9. The lowest BCUT2D eigenvalue weighted by atomic mass is 9.90. The molecule has 0 amide bonds. The van der Waals surface area contributed by atoms with Gasteiger partial charge in [-0.25, -0.2) is 4.39 Å². The van der Waals surface area contributed by atoms with Gasteiger partial charge in [0.2, 0.25) is 5.82 Å². The molecule has 110 valence electrons. The van der Waals surface area contributed by atoms with E-state index in [4.69, 9.17) is 5.73 Å². The molecule has 2 rings (SSSR count). The van der Waals surface area contributed by atoms with Crippen molar-refractivity contribution < 1.29 is 13.7 Å². The second-order valence-electron chi connectivity index (χ2n) is 5.08. The van der Waals surface area contributed by atoms with Crippen molar-refractivity contribution in [2.45, 2.75) is 25.8 Å². The summed E-state index contributed by atoms with van der Waals surface area (Å²) in [6.45, 7) is 2.91. The first-order valence-corrected chi connectivity index (χ1v) is 6.58. The summed E-state index contributed by atoms with van der Waals surface area (Å²) in [5.41, 5.74) is 5.31. The van der Waals surface area contributed by atoms with Gasteiger partial charge in [0.1, 0.15) is 11.5 Å². The molecular formula is C13H17F2N3O2. The molecule has 2 N–H and O–H groups in total. The van der Waals surface area contributed by atoms with Crippen LogP contribution in [0.4, 0.5) is 20.2 Å². The minimum Gasteiger partial charge on any atom is -0.365 e. The summed E-state index contributed by atoms with van der Waals surface area (Å²) >= 11 is 0. The molecule has 2 unspecified atom stereocenters. The predicted molar refractivity (Wildman–Crippen MR) is 71.6 cm³/mol. The molecule has 0 aromatic heterocycles. The predicted octanol–water partition coefficient (Wildman–Crippen LogP) is 2.44. The number of benzene rings is 1. The quantitative estimate of drug-likeness (QED) is 0.684. The van der Waals surface area contributed by atoms with Crippen LogP contribution in [-0.4, -0.2) is 24.1 Å². The summed E-state index contributed by atoms with van der Waals surface area (Å²) in [7, 11) is 0. The molecule has 1 aliphatic rings. The van der Waals surface area contributed by atoms with Gasteiger partial charge >= 0.3 is 5.69 Å². The van der Waals surface area contributed by atoms with Gasteiger partial charge in [-0.2, -0.15) is 4.39 Å². The maximum Gasteiger partial charge on any atom is 0.328 e. The lowest BCUT2D eigenvalue weighted by molar-refractivity contribution is -0.386. The van der Waals surface area contributed by atoms with Gasteiger partial charge in [-0.3, -0.25) is 10.1 Å². The maximum atomic E-state index is 13.6. The Labute approximate surface area is 115 Å². The van der Waals surface area contributed by atoms with Gasteiger partial charge in [-0.1, -0.05) is 13.3 Å². The molecule has 0 spiro atoms. The molecule has 1 aromatic carbocycles. The zero-order valence-electron chi connectivity index (χ0n) is 11.2. The highest BCUT2D eigenvalue weighted by Gasteiger charge is 2.31. The first-order chi connectivity index (χ1) is 9.43. The standard InChI is InChI=1S/C13H17F2N3O2/c1-2-8-7-17(4-3-11(8)16)12-6-9(14)5-10(15)13(12)18(19)20/h5-6,8,11H,2-4,7,16H2,1H3. The zero-order valence-corrected chi connectivity index (χ0v) is 11.2. The highest BCUT2D eigenvalue weighted by Crippen LogP contribution is 2.34. The number of halogens is 2. The van der Waals surface area contributed by atoms with E-state index in [9.17, 15) is 18.9 Å². The lowest BCUT2D eigenvalue weighted by Crippen LogP contribution is -2.47. The van der Waals surface area contributed by atoms with Crippen LogP contribution in [0.5, 0.6) is 0 Å². The minimum atomic E-state index is -1.15. The second-order valence-corrected chi connectivity index (χ2v) is 5.08. The summed E-state index contributed by atoms with van der Waals surface area (Å²) in [6.07, 6.45) is 1.47. The smallest absolute Gasteiger partial charge is 0.328 e. The van der Waals surface area contributed by atoms with Gasteiger partial charge < -0.3 is 10.6 Å². The van der Waals surface area contributed by atoms with Crippen LogP contribution in [0.3, 0.4) is 0 Å². The molecule has 1 aromatic rings. The van der Waals surface area contributed by atoms with E-state index in [0.29, 0.717) is 25.6 Å². The van der Waals surface area contributed by atoms with Gasteiger partial charge in [0.25, 0.3) is 0 Å². The molecule has 7 heteroatoms. The molecule has 0 bridgehead atoms. The topological polar surface area (TPSA) is 72.4 Å². The van der Waals surface area contributed by atoms with Crippen molar-refractivity contribution in [2.75, 3.05) is 18.0 Å². The number of piperidine rings is 1. The van der Waals surface area contributed by atoms with Crippen molar-refractivity contribution in [3.63, 3.8) is 0 Å². The summed E-state index contributed by atoms with van der Waals surface area (Å²) in [5, 5.41) is 11.0. The van der Waals surface area contributed by atoms with Crippen LogP contribution in [0.15, 0.2) is 12.1 Å². The van der Waals surface area contributed by atoms with Gasteiger partial charge in [-0.05, 0) is 12.3 Å². The second kappa shape index (κ2) is 5.70. The average molecular weight is 285 g/mol. The normalized spacial score (nSPS) is 22.9. The molecular weight excluding hydrogens is 268 g/mol. The van der Waals surface area contributed by atoms with Crippen LogP contribution >= 0.6 is 0 Å². The number of hydrogen-bond donors (Lipinski definition) is 1. The lowest BCUT2D eigenvalue weighted by Gasteiger charge is -2.37. The van der Waals surface area contributed by atoms with Crippen LogP contribution in [0.1, 0.15) is 19.8 Å². The summed E-state index contributed by atoms with van der Waals surface area (Å²) < 4.78 is 27.0. The third-order valence-electron chi connectivity index (χ3n) is 3.85. The molecule has 2 atom stereocenters. The highest BCUT2D eigenvalue weighted by atomic mass is 19.1. The Bertz CT molecular complexity index is 525. The fraction of sp³-hybridized carbons (Fsp3) is 0.538. The Balaban J connectivity index is 2.39. The Hall–Kier alpha value is -1.76. The third-order valence-corrected chi connectivity index (χ3v) is 3.85. The van der Waals surface area contributed by atoms with E-state index in [1.807, 2.05) is 6.92 Å². The summed E-state index contributed by atoms with van der Waals surface area (Å²) in [6, 6.07) is 1.58. The van der Waals surface area contributed by atoms with E-state index < -0.39 is 22.2 Å². The average Bonchev–Trinajstić information content (AvgIpc) is 2.37. The SMILES string of the molecule is CCC1CN(c2cc(F)cc(F)c2[N+](=O)[O-])CCC1N. The van der Waals surface area contributed by atoms with E-state index in [2.05, 4.69) is 0 Å². The monoisotopic (exact) mass is 285 g/mol. The van der Waals surface area contributed by atoms with Crippen molar-refractivity contribution in [3.05, 3.63) is 33.9 Å². The number of anilines is 1. The van der Waals surface area contributed by atoms with E-state index in [1.54, 1.807) is 4.90 Å². The molecule has 20 heavy (non-hydrogen) atoms. The molecule has 0 radical (unpaired) electrons. The Morgan fingerprint density at radius 2 is 2.20 bits per heavy atom. The molecule has 1 fully saturated rings. The van der Waals surface area contributed by atoms with Crippen molar-refractivity contribution in [3.8, 4) is 0 Å². The Morgan fingerprint density at radius 3 is 2.80 bits per heavy atom. The minimum absolute atomic E-state index is 0.00199. The van der Waals surface area contributed by atoms with Gasteiger partial charge in [0, 0.05) is 31.3 Å². The van der Waals surface area contributed by atoms with Crippen molar-refractivity contribution in [1.82, 2.24) is 0 Å². The first-order valence-electron chi connectivity index (χ1n) is 6.58. The van der Waals surface area contributed by atoms with Crippen LogP contribution in [0.2, 0.25) is 0 Å². The van der Waals surface area contributed by atoms with Gasteiger partial charge in [-0.15, -0.1) is 0 Å². The largest absolute Gasteiger partial charge is 0.365 e. The number of nitrogens with zero attached hydrogens (tertiary/aromatic N) is 2. The molecule has 5 nitrogen and oxygen atoms in total. The third kappa shape index (κ3) is 2.72.